The maximum atomic E-state index is 10.6. The molecule has 1 aromatic carbocycles. The van der Waals surface area contributed by atoms with Crippen LogP contribution < -0.4 is 0 Å². The molecule has 3 heterocycles. The Labute approximate surface area is 200 Å². The van der Waals surface area contributed by atoms with Crippen molar-refractivity contribution in [2.75, 3.05) is 6.61 Å². The Kier molecular flexibility index (Phi) is 6.53. The normalized spacial score (nSPS) is 26.7. The standard InChI is InChI=1S/C25H25N3O5S/c26-11-16-20(14-9-10-27-17-7-3-1-5-13(14)17)15-6-2-4-8-18(15)28-24(16)34-25-23(32)22(31)21(30)19(12-29)33-25/h1,3,5,7,9-10,19,21-23,25,29-32H,2,4,6,8,12H2/t19-,21+,22+,23-,25+/m1/s1. The first-order valence-electron chi connectivity index (χ1n) is 11.3. The van der Waals surface area contributed by atoms with Crippen LogP contribution >= 0.6 is 11.8 Å². The van der Waals surface area contributed by atoms with E-state index in [0.717, 1.165) is 70.7 Å². The lowest BCUT2D eigenvalue weighted by atomic mass is 9.86. The molecule has 34 heavy (non-hydrogen) atoms. The van der Waals surface area contributed by atoms with Crippen molar-refractivity contribution in [1.82, 2.24) is 9.97 Å². The van der Waals surface area contributed by atoms with Gasteiger partial charge in [0.25, 0.3) is 0 Å². The maximum Gasteiger partial charge on any atom is 0.138 e. The van der Waals surface area contributed by atoms with Crippen LogP contribution in [-0.2, 0) is 17.6 Å². The largest absolute Gasteiger partial charge is 0.394 e. The van der Waals surface area contributed by atoms with Gasteiger partial charge >= 0.3 is 0 Å². The molecule has 5 rings (SSSR count). The predicted octanol–water partition coefficient (Wildman–Crippen LogP) is 1.94. The van der Waals surface area contributed by atoms with Crippen molar-refractivity contribution < 1.29 is 25.2 Å². The van der Waals surface area contributed by atoms with Crippen LogP contribution in [0.3, 0.4) is 0 Å². The van der Waals surface area contributed by atoms with E-state index in [0.29, 0.717) is 10.6 Å². The third kappa shape index (κ3) is 3.96. The number of hydrogen-bond donors (Lipinski definition) is 4. The van der Waals surface area contributed by atoms with Crippen molar-refractivity contribution in [3.05, 3.63) is 53.3 Å². The first-order chi connectivity index (χ1) is 16.5. The summed E-state index contributed by atoms with van der Waals surface area (Å²) in [7, 11) is 0. The molecule has 0 saturated carbocycles. The van der Waals surface area contributed by atoms with Crippen LogP contribution in [0, 0.1) is 11.3 Å². The number of nitriles is 1. The Morgan fingerprint density at radius 1 is 1.06 bits per heavy atom. The molecule has 1 saturated heterocycles. The monoisotopic (exact) mass is 479 g/mol. The summed E-state index contributed by atoms with van der Waals surface area (Å²) in [5, 5.41) is 52.0. The van der Waals surface area contributed by atoms with E-state index < -0.39 is 36.5 Å². The molecule has 4 N–H and O–H groups in total. The molecule has 2 aromatic heterocycles. The number of ether oxygens (including phenoxy) is 1. The minimum Gasteiger partial charge on any atom is -0.394 e. The Balaban J connectivity index is 1.66. The molecule has 0 amide bonds. The van der Waals surface area contributed by atoms with Gasteiger partial charge in [-0.1, -0.05) is 30.0 Å². The summed E-state index contributed by atoms with van der Waals surface area (Å²) < 4.78 is 5.69. The second kappa shape index (κ2) is 9.58. The zero-order valence-corrected chi connectivity index (χ0v) is 19.1. The van der Waals surface area contributed by atoms with Gasteiger partial charge in [0.15, 0.2) is 0 Å². The van der Waals surface area contributed by atoms with E-state index in [9.17, 15) is 25.7 Å². The molecule has 1 aliphatic heterocycles. The second-order valence-electron chi connectivity index (χ2n) is 8.60. The predicted molar refractivity (Wildman–Crippen MR) is 126 cm³/mol. The van der Waals surface area contributed by atoms with Crippen molar-refractivity contribution in [3.63, 3.8) is 0 Å². The third-order valence-electron chi connectivity index (χ3n) is 6.55. The molecule has 3 aromatic rings. The lowest BCUT2D eigenvalue weighted by Crippen LogP contribution is -2.57. The highest BCUT2D eigenvalue weighted by Crippen LogP contribution is 2.42. The van der Waals surface area contributed by atoms with Crippen molar-refractivity contribution in [3.8, 4) is 17.2 Å². The molecule has 8 nitrogen and oxygen atoms in total. The average molecular weight is 480 g/mol. The quantitative estimate of drug-likeness (QED) is 0.442. The van der Waals surface area contributed by atoms with E-state index in [2.05, 4.69) is 11.1 Å². The van der Waals surface area contributed by atoms with Gasteiger partial charge < -0.3 is 25.2 Å². The van der Waals surface area contributed by atoms with Gasteiger partial charge in [-0.2, -0.15) is 5.26 Å². The maximum absolute atomic E-state index is 10.6. The summed E-state index contributed by atoms with van der Waals surface area (Å²) in [4.78, 5) is 9.26. The molecule has 176 valence electrons. The van der Waals surface area contributed by atoms with Gasteiger partial charge in [0.1, 0.15) is 40.9 Å². The number of aromatic nitrogens is 2. The summed E-state index contributed by atoms with van der Waals surface area (Å²) in [5.74, 6) is 0. The molecular formula is C25H25N3O5S. The Bertz CT molecular complexity index is 1260. The summed E-state index contributed by atoms with van der Waals surface area (Å²) in [5.41, 5.74) is 3.87. The van der Waals surface area contributed by atoms with Crippen LogP contribution in [0.2, 0.25) is 0 Å². The van der Waals surface area contributed by atoms with Crippen molar-refractivity contribution >= 4 is 22.7 Å². The number of hydrogen-bond acceptors (Lipinski definition) is 9. The zero-order chi connectivity index (χ0) is 23.8. The summed E-state index contributed by atoms with van der Waals surface area (Å²) in [6.07, 6.45) is -0.0502. The number of para-hydroxylation sites is 1. The van der Waals surface area contributed by atoms with Gasteiger partial charge in [-0.05, 0) is 48.9 Å². The fourth-order valence-electron chi connectivity index (χ4n) is 4.79. The minimum atomic E-state index is -1.49. The van der Waals surface area contributed by atoms with E-state index >= 15 is 0 Å². The molecule has 0 bridgehead atoms. The molecule has 5 atom stereocenters. The van der Waals surface area contributed by atoms with Crippen LogP contribution in [0.5, 0.6) is 0 Å². The number of aryl methyl sites for hydroxylation is 1. The van der Waals surface area contributed by atoms with Gasteiger partial charge in [0.2, 0.25) is 0 Å². The third-order valence-corrected chi connectivity index (χ3v) is 7.69. The van der Waals surface area contributed by atoms with E-state index in [4.69, 9.17) is 9.72 Å². The minimum absolute atomic E-state index is 0.374. The Hall–Kier alpha value is -2.58. The number of aliphatic hydroxyl groups excluding tert-OH is 4. The molecule has 0 radical (unpaired) electrons. The fourth-order valence-corrected chi connectivity index (χ4v) is 5.94. The molecule has 1 fully saturated rings. The number of aliphatic hydroxyl groups is 4. The highest BCUT2D eigenvalue weighted by atomic mass is 32.2. The second-order valence-corrected chi connectivity index (χ2v) is 9.69. The first kappa shape index (κ1) is 23.2. The van der Waals surface area contributed by atoms with E-state index in [-0.39, 0.29) is 0 Å². The molecule has 1 aliphatic carbocycles. The van der Waals surface area contributed by atoms with Gasteiger partial charge in [0, 0.05) is 22.8 Å². The lowest BCUT2D eigenvalue weighted by Gasteiger charge is -2.39. The molecule has 9 heteroatoms. The Morgan fingerprint density at radius 3 is 2.65 bits per heavy atom. The van der Waals surface area contributed by atoms with Crippen LogP contribution in [0.1, 0.15) is 29.7 Å². The van der Waals surface area contributed by atoms with Crippen LogP contribution in [0.15, 0.2) is 41.6 Å². The van der Waals surface area contributed by atoms with Gasteiger partial charge in [-0.15, -0.1) is 0 Å². The smallest absolute Gasteiger partial charge is 0.138 e. The van der Waals surface area contributed by atoms with Crippen LogP contribution in [-0.4, -0.2) is 66.9 Å². The molecular weight excluding hydrogens is 454 g/mol. The average Bonchev–Trinajstić information content (AvgIpc) is 2.87. The zero-order valence-electron chi connectivity index (χ0n) is 18.3. The fraction of sp³-hybridized carbons (Fsp3) is 0.400. The first-order valence-corrected chi connectivity index (χ1v) is 12.2. The van der Waals surface area contributed by atoms with Crippen LogP contribution in [0.25, 0.3) is 22.0 Å². The van der Waals surface area contributed by atoms with Crippen molar-refractivity contribution in [1.29, 1.82) is 5.26 Å². The highest BCUT2D eigenvalue weighted by molar-refractivity contribution is 7.99. The Morgan fingerprint density at radius 2 is 1.85 bits per heavy atom. The number of rotatable bonds is 4. The number of thioether (sulfide) groups is 1. The van der Waals surface area contributed by atoms with Crippen molar-refractivity contribution in [2.24, 2.45) is 0 Å². The van der Waals surface area contributed by atoms with Gasteiger partial charge in [-0.25, -0.2) is 4.98 Å². The van der Waals surface area contributed by atoms with E-state index in [1.165, 1.54) is 0 Å². The summed E-state index contributed by atoms with van der Waals surface area (Å²) in [6, 6.07) is 12.0. The van der Waals surface area contributed by atoms with Crippen molar-refractivity contribution in [2.45, 2.75) is 60.6 Å². The number of benzene rings is 1. The lowest BCUT2D eigenvalue weighted by molar-refractivity contribution is -0.205. The molecule has 0 unspecified atom stereocenters. The number of pyridine rings is 2. The molecule has 2 aliphatic rings. The number of nitrogens with zero attached hydrogens (tertiary/aromatic N) is 3. The summed E-state index contributed by atoms with van der Waals surface area (Å²) >= 11 is 1.03. The van der Waals surface area contributed by atoms with E-state index in [1.807, 2.05) is 30.3 Å². The molecule has 0 spiro atoms. The highest BCUT2D eigenvalue weighted by Gasteiger charge is 2.44. The number of fused-ring (bicyclic) bond motifs is 2. The SMILES string of the molecule is N#Cc1c(S[C@@H]2O[C@H](CO)[C@H](O)[C@H](O)[C@H]2O)nc2c(c1-c1ccnc3ccccc13)CCCC2. The summed E-state index contributed by atoms with van der Waals surface area (Å²) in [6.45, 7) is -0.515. The van der Waals surface area contributed by atoms with Gasteiger partial charge in [-0.3, -0.25) is 4.98 Å². The van der Waals surface area contributed by atoms with Crippen LogP contribution in [0.4, 0.5) is 0 Å². The van der Waals surface area contributed by atoms with Gasteiger partial charge in [0.05, 0.1) is 17.7 Å². The van der Waals surface area contributed by atoms with E-state index in [1.54, 1.807) is 6.20 Å². The topological polar surface area (TPSA) is 140 Å².